The van der Waals surface area contributed by atoms with Gasteiger partial charge < -0.3 is 4.90 Å². The highest BCUT2D eigenvalue weighted by Crippen LogP contribution is 2.23. The van der Waals surface area contributed by atoms with Gasteiger partial charge in [-0.1, -0.05) is 0 Å². The van der Waals surface area contributed by atoms with E-state index < -0.39 is 30.0 Å². The maximum Gasteiger partial charge on any atom is 0.315 e. The molecule has 17 heavy (non-hydrogen) atoms. The van der Waals surface area contributed by atoms with E-state index in [2.05, 4.69) is 0 Å². The monoisotopic (exact) mass is 249 g/mol. The highest BCUT2D eigenvalue weighted by Gasteiger charge is 2.26. The van der Waals surface area contributed by atoms with Crippen molar-refractivity contribution in [2.75, 3.05) is 7.05 Å². The Morgan fingerprint density at radius 1 is 1.29 bits per heavy atom. The maximum atomic E-state index is 13.4. The van der Waals surface area contributed by atoms with Crippen LogP contribution in [0.1, 0.15) is 18.5 Å². The molecule has 0 spiro atoms. The van der Waals surface area contributed by atoms with Crippen molar-refractivity contribution in [3.05, 3.63) is 35.4 Å². The standard InChI is InChI=1S/C11H11F4NO/c1-6(16(2)11(17)10(14)15)8-5-7(12)3-4-9(8)13/h3-6,10H,1-2H3. The molecular weight excluding hydrogens is 238 g/mol. The van der Waals surface area contributed by atoms with Crippen LogP contribution in [0.25, 0.3) is 0 Å². The fourth-order valence-corrected chi connectivity index (χ4v) is 1.39. The Bertz CT molecular complexity index is 422. The number of amides is 1. The van der Waals surface area contributed by atoms with E-state index in [0.29, 0.717) is 4.90 Å². The van der Waals surface area contributed by atoms with Crippen molar-refractivity contribution < 1.29 is 22.4 Å². The molecule has 0 heterocycles. The number of hydrogen-bond donors (Lipinski definition) is 0. The Balaban J connectivity index is 2.99. The lowest BCUT2D eigenvalue weighted by molar-refractivity contribution is -0.143. The number of carbonyl (C=O) groups excluding carboxylic acids is 1. The van der Waals surface area contributed by atoms with Gasteiger partial charge in [-0.25, -0.2) is 8.78 Å². The summed E-state index contributed by atoms with van der Waals surface area (Å²) in [7, 11) is 1.11. The van der Waals surface area contributed by atoms with E-state index in [1.54, 1.807) is 0 Å². The zero-order chi connectivity index (χ0) is 13.2. The van der Waals surface area contributed by atoms with Crippen LogP contribution >= 0.6 is 0 Å². The summed E-state index contributed by atoms with van der Waals surface area (Å²) in [6.45, 7) is 1.35. The van der Waals surface area contributed by atoms with Crippen LogP contribution in [0.5, 0.6) is 0 Å². The summed E-state index contributed by atoms with van der Waals surface area (Å²) in [5.74, 6) is -2.86. The van der Waals surface area contributed by atoms with E-state index in [0.717, 1.165) is 25.2 Å². The summed E-state index contributed by atoms with van der Waals surface area (Å²) < 4.78 is 50.6. The predicted octanol–water partition coefficient (Wildman–Crippen LogP) is 2.75. The predicted molar refractivity (Wildman–Crippen MR) is 53.5 cm³/mol. The first-order valence-electron chi connectivity index (χ1n) is 4.84. The van der Waals surface area contributed by atoms with Crippen LogP contribution in [0, 0.1) is 11.6 Å². The molecule has 1 atom stereocenters. The van der Waals surface area contributed by atoms with Crippen molar-refractivity contribution in [1.29, 1.82) is 0 Å². The Labute approximate surface area is 95.8 Å². The van der Waals surface area contributed by atoms with Gasteiger partial charge in [0.2, 0.25) is 0 Å². The molecule has 1 aromatic rings. The molecule has 0 aromatic heterocycles. The average Bonchev–Trinajstić information content (AvgIpc) is 2.29. The lowest BCUT2D eigenvalue weighted by Gasteiger charge is -2.25. The van der Waals surface area contributed by atoms with E-state index in [4.69, 9.17) is 0 Å². The van der Waals surface area contributed by atoms with Gasteiger partial charge in [0.05, 0.1) is 6.04 Å². The molecule has 0 saturated carbocycles. The van der Waals surface area contributed by atoms with Gasteiger partial charge in [0, 0.05) is 12.6 Å². The molecule has 1 aromatic carbocycles. The minimum atomic E-state index is -3.17. The van der Waals surface area contributed by atoms with Crippen LogP contribution in [0.3, 0.4) is 0 Å². The number of carbonyl (C=O) groups is 1. The van der Waals surface area contributed by atoms with Crippen molar-refractivity contribution in [2.24, 2.45) is 0 Å². The molecule has 1 rings (SSSR count). The first-order chi connectivity index (χ1) is 7.84. The summed E-state index contributed by atoms with van der Waals surface area (Å²) in [6.07, 6.45) is -3.17. The molecule has 1 unspecified atom stereocenters. The van der Waals surface area contributed by atoms with Crippen LogP contribution in [0.2, 0.25) is 0 Å². The lowest BCUT2D eigenvalue weighted by Crippen LogP contribution is -2.34. The average molecular weight is 249 g/mol. The summed E-state index contributed by atoms with van der Waals surface area (Å²) >= 11 is 0. The van der Waals surface area contributed by atoms with Gasteiger partial charge in [0.15, 0.2) is 0 Å². The van der Waals surface area contributed by atoms with Gasteiger partial charge in [-0.05, 0) is 25.1 Å². The largest absolute Gasteiger partial charge is 0.334 e. The van der Waals surface area contributed by atoms with E-state index in [1.807, 2.05) is 0 Å². The second kappa shape index (κ2) is 5.16. The SMILES string of the molecule is CC(c1cc(F)ccc1F)N(C)C(=O)C(F)F. The van der Waals surface area contributed by atoms with Gasteiger partial charge in [0.25, 0.3) is 5.91 Å². The topological polar surface area (TPSA) is 20.3 Å². The number of halogens is 4. The fraction of sp³-hybridized carbons (Fsp3) is 0.364. The van der Waals surface area contributed by atoms with Gasteiger partial charge in [-0.15, -0.1) is 0 Å². The molecule has 0 aliphatic heterocycles. The molecule has 2 nitrogen and oxygen atoms in total. The molecule has 1 amide bonds. The Morgan fingerprint density at radius 3 is 2.41 bits per heavy atom. The molecule has 0 N–H and O–H groups in total. The van der Waals surface area contributed by atoms with E-state index in [-0.39, 0.29) is 5.56 Å². The number of rotatable bonds is 3. The third-order valence-corrected chi connectivity index (χ3v) is 2.52. The molecule has 0 saturated heterocycles. The molecule has 0 radical (unpaired) electrons. The number of alkyl halides is 2. The second-order valence-corrected chi connectivity index (χ2v) is 3.59. The van der Waals surface area contributed by atoms with Crippen LogP contribution in [0.15, 0.2) is 18.2 Å². The Morgan fingerprint density at radius 2 is 1.88 bits per heavy atom. The van der Waals surface area contributed by atoms with Crippen molar-refractivity contribution in [2.45, 2.75) is 19.4 Å². The Hall–Kier alpha value is -1.59. The molecule has 6 heteroatoms. The van der Waals surface area contributed by atoms with Crippen LogP contribution in [0.4, 0.5) is 17.6 Å². The third-order valence-electron chi connectivity index (χ3n) is 2.52. The summed E-state index contributed by atoms with van der Waals surface area (Å²) in [4.78, 5) is 11.7. The van der Waals surface area contributed by atoms with E-state index in [9.17, 15) is 22.4 Å². The quantitative estimate of drug-likeness (QED) is 0.754. The zero-order valence-corrected chi connectivity index (χ0v) is 9.25. The highest BCUT2D eigenvalue weighted by atomic mass is 19.3. The molecule has 0 aliphatic carbocycles. The maximum absolute atomic E-state index is 13.4. The van der Waals surface area contributed by atoms with Gasteiger partial charge in [0.1, 0.15) is 11.6 Å². The van der Waals surface area contributed by atoms with Crippen molar-refractivity contribution in [3.8, 4) is 0 Å². The van der Waals surface area contributed by atoms with E-state index >= 15 is 0 Å². The first-order valence-corrected chi connectivity index (χ1v) is 4.84. The van der Waals surface area contributed by atoms with Crippen LogP contribution in [-0.4, -0.2) is 24.3 Å². The molecule has 94 valence electrons. The third kappa shape index (κ3) is 2.95. The second-order valence-electron chi connectivity index (χ2n) is 3.59. The number of benzene rings is 1. The molecular formula is C11H11F4NO. The van der Waals surface area contributed by atoms with Crippen LogP contribution in [-0.2, 0) is 4.79 Å². The van der Waals surface area contributed by atoms with E-state index in [1.165, 1.54) is 6.92 Å². The Kier molecular flexibility index (Phi) is 4.09. The minimum Gasteiger partial charge on any atom is -0.334 e. The van der Waals surface area contributed by atoms with Gasteiger partial charge in [-0.3, -0.25) is 4.79 Å². The highest BCUT2D eigenvalue weighted by molar-refractivity contribution is 5.79. The minimum absolute atomic E-state index is 0.137. The summed E-state index contributed by atoms with van der Waals surface area (Å²) in [5.41, 5.74) is -0.137. The van der Waals surface area contributed by atoms with Crippen molar-refractivity contribution in [1.82, 2.24) is 4.90 Å². The first kappa shape index (κ1) is 13.5. The summed E-state index contributed by atoms with van der Waals surface area (Å²) in [5, 5.41) is 0. The lowest BCUT2D eigenvalue weighted by atomic mass is 10.1. The fourth-order valence-electron chi connectivity index (χ4n) is 1.39. The zero-order valence-electron chi connectivity index (χ0n) is 9.25. The smallest absolute Gasteiger partial charge is 0.315 e. The van der Waals surface area contributed by atoms with Crippen LogP contribution < -0.4 is 0 Å². The van der Waals surface area contributed by atoms with Gasteiger partial charge in [-0.2, -0.15) is 8.78 Å². The van der Waals surface area contributed by atoms with Crippen molar-refractivity contribution >= 4 is 5.91 Å². The molecule has 0 fully saturated rings. The molecule has 0 bridgehead atoms. The normalized spacial score (nSPS) is 12.6. The molecule has 0 aliphatic rings. The van der Waals surface area contributed by atoms with Gasteiger partial charge >= 0.3 is 6.43 Å². The van der Waals surface area contributed by atoms with Crippen molar-refractivity contribution in [3.63, 3.8) is 0 Å². The summed E-state index contributed by atoms with van der Waals surface area (Å²) in [6, 6.07) is 1.73. The number of hydrogen-bond acceptors (Lipinski definition) is 1. The number of nitrogens with zero attached hydrogens (tertiary/aromatic N) is 1.